The van der Waals surface area contributed by atoms with Crippen molar-refractivity contribution in [1.82, 2.24) is 4.90 Å². The van der Waals surface area contributed by atoms with E-state index in [0.717, 1.165) is 4.90 Å². The van der Waals surface area contributed by atoms with E-state index in [1.165, 1.54) is 6.08 Å². The molecule has 0 aromatic carbocycles. The Morgan fingerprint density at radius 3 is 2.19 bits per heavy atom. The number of aliphatic carboxylic acids is 2. The summed E-state index contributed by atoms with van der Waals surface area (Å²) in [5.74, 6) is -2.44. The van der Waals surface area contributed by atoms with E-state index < -0.39 is 31.3 Å². The van der Waals surface area contributed by atoms with Crippen LogP contribution in [0.3, 0.4) is 0 Å². The summed E-state index contributed by atoms with van der Waals surface area (Å²) in [7, 11) is 0. The molecule has 3 N–H and O–H groups in total. The number of carboxylic acid groups (broad SMARTS) is 2. The van der Waals surface area contributed by atoms with Gasteiger partial charge < -0.3 is 20.1 Å². The molecule has 0 spiro atoms. The first-order chi connectivity index (χ1) is 7.47. The van der Waals surface area contributed by atoms with Crippen LogP contribution in [-0.4, -0.2) is 64.7 Å². The molecule has 7 nitrogen and oxygen atoms in total. The van der Waals surface area contributed by atoms with Crippen molar-refractivity contribution < 1.29 is 29.6 Å². The third kappa shape index (κ3) is 6.93. The highest BCUT2D eigenvalue weighted by Crippen LogP contribution is 1.97. The molecule has 0 radical (unpaired) electrons. The second kappa shape index (κ2) is 7.80. The van der Waals surface area contributed by atoms with Crippen LogP contribution >= 0.6 is 0 Å². The summed E-state index contributed by atoms with van der Waals surface area (Å²) in [5, 5.41) is 26.5. The SMILES string of the molecule is C=CCOCC(O)N(CC(=O)O)CC(=O)O. The van der Waals surface area contributed by atoms with Crippen molar-refractivity contribution in [2.75, 3.05) is 26.3 Å². The molecule has 0 saturated heterocycles. The second-order valence-corrected chi connectivity index (χ2v) is 3.00. The van der Waals surface area contributed by atoms with E-state index in [2.05, 4.69) is 6.58 Å². The number of rotatable bonds is 9. The zero-order chi connectivity index (χ0) is 12.6. The Bertz CT molecular complexity index is 238. The Morgan fingerprint density at radius 2 is 1.81 bits per heavy atom. The molecular weight excluding hydrogens is 218 g/mol. The maximum atomic E-state index is 10.4. The van der Waals surface area contributed by atoms with Gasteiger partial charge in [0.05, 0.1) is 26.3 Å². The Kier molecular flexibility index (Phi) is 7.10. The van der Waals surface area contributed by atoms with Gasteiger partial charge in [0, 0.05) is 0 Å². The van der Waals surface area contributed by atoms with Crippen molar-refractivity contribution in [1.29, 1.82) is 0 Å². The number of carbonyl (C=O) groups is 2. The molecule has 0 rings (SSSR count). The van der Waals surface area contributed by atoms with Gasteiger partial charge in [-0.3, -0.25) is 14.5 Å². The van der Waals surface area contributed by atoms with Crippen LogP contribution < -0.4 is 0 Å². The number of aliphatic hydroxyl groups excluding tert-OH is 1. The van der Waals surface area contributed by atoms with Gasteiger partial charge in [0.15, 0.2) is 0 Å². The molecule has 0 aliphatic heterocycles. The van der Waals surface area contributed by atoms with Crippen LogP contribution in [0.5, 0.6) is 0 Å². The third-order valence-corrected chi connectivity index (χ3v) is 1.60. The van der Waals surface area contributed by atoms with Crippen LogP contribution in [0.2, 0.25) is 0 Å². The van der Waals surface area contributed by atoms with Crippen molar-refractivity contribution >= 4 is 11.9 Å². The summed E-state index contributed by atoms with van der Waals surface area (Å²) >= 11 is 0. The zero-order valence-corrected chi connectivity index (χ0v) is 8.70. The van der Waals surface area contributed by atoms with E-state index in [-0.39, 0.29) is 13.2 Å². The summed E-state index contributed by atoms with van der Waals surface area (Å²) in [4.78, 5) is 21.7. The monoisotopic (exact) mass is 233 g/mol. The van der Waals surface area contributed by atoms with E-state index in [9.17, 15) is 14.7 Å². The van der Waals surface area contributed by atoms with Crippen molar-refractivity contribution in [3.63, 3.8) is 0 Å². The van der Waals surface area contributed by atoms with Gasteiger partial charge in [-0.2, -0.15) is 0 Å². The Balaban J connectivity index is 4.18. The highest BCUT2D eigenvalue weighted by molar-refractivity contribution is 5.72. The number of aliphatic hydroxyl groups is 1. The van der Waals surface area contributed by atoms with Gasteiger partial charge in [-0.1, -0.05) is 6.08 Å². The van der Waals surface area contributed by atoms with Crippen LogP contribution in [0.25, 0.3) is 0 Å². The lowest BCUT2D eigenvalue weighted by Gasteiger charge is -2.23. The van der Waals surface area contributed by atoms with Gasteiger partial charge in [-0.05, 0) is 0 Å². The molecule has 7 heteroatoms. The smallest absolute Gasteiger partial charge is 0.317 e. The summed E-state index contributed by atoms with van der Waals surface area (Å²) in [6, 6.07) is 0. The van der Waals surface area contributed by atoms with Crippen molar-refractivity contribution in [3.05, 3.63) is 12.7 Å². The minimum absolute atomic E-state index is 0.174. The molecule has 92 valence electrons. The van der Waals surface area contributed by atoms with Crippen LogP contribution in [-0.2, 0) is 14.3 Å². The number of ether oxygens (including phenoxy) is 1. The number of hydrogen-bond donors (Lipinski definition) is 3. The van der Waals surface area contributed by atoms with E-state index in [0.29, 0.717) is 0 Å². The van der Waals surface area contributed by atoms with Crippen molar-refractivity contribution in [3.8, 4) is 0 Å². The molecule has 0 aromatic heterocycles. The van der Waals surface area contributed by atoms with Gasteiger partial charge in [0.2, 0.25) is 0 Å². The quantitative estimate of drug-likeness (QED) is 0.266. The van der Waals surface area contributed by atoms with Gasteiger partial charge in [-0.25, -0.2) is 0 Å². The minimum Gasteiger partial charge on any atom is -0.480 e. The number of nitrogens with zero attached hydrogens (tertiary/aromatic N) is 1. The van der Waals surface area contributed by atoms with Gasteiger partial charge in [-0.15, -0.1) is 6.58 Å². The molecule has 0 aromatic rings. The molecule has 0 bridgehead atoms. The van der Waals surface area contributed by atoms with Crippen LogP contribution in [0.15, 0.2) is 12.7 Å². The molecule has 1 unspecified atom stereocenters. The summed E-state index contributed by atoms with van der Waals surface area (Å²) in [5.41, 5.74) is 0. The minimum atomic E-state index is -1.27. The van der Waals surface area contributed by atoms with E-state index >= 15 is 0 Å². The van der Waals surface area contributed by atoms with Gasteiger partial charge in [0.25, 0.3) is 0 Å². The van der Waals surface area contributed by atoms with Crippen LogP contribution in [0, 0.1) is 0 Å². The molecule has 0 amide bonds. The number of carboxylic acids is 2. The Labute approximate surface area is 92.5 Å². The maximum Gasteiger partial charge on any atom is 0.317 e. The highest BCUT2D eigenvalue weighted by Gasteiger charge is 2.21. The molecular formula is C9H15NO6. The second-order valence-electron chi connectivity index (χ2n) is 3.00. The predicted octanol–water partition coefficient (Wildman–Crippen LogP) is -1.02. The summed E-state index contributed by atoms with van der Waals surface area (Å²) in [6.07, 6.45) is 0.193. The Morgan fingerprint density at radius 1 is 1.31 bits per heavy atom. The van der Waals surface area contributed by atoms with Crippen LogP contribution in [0.1, 0.15) is 0 Å². The topological polar surface area (TPSA) is 107 Å². The Hall–Kier alpha value is -1.44. The zero-order valence-electron chi connectivity index (χ0n) is 8.70. The lowest BCUT2D eigenvalue weighted by molar-refractivity contribution is -0.149. The lowest BCUT2D eigenvalue weighted by Crippen LogP contribution is -2.44. The highest BCUT2D eigenvalue weighted by atomic mass is 16.5. The lowest BCUT2D eigenvalue weighted by atomic mass is 10.4. The molecule has 1 atom stereocenters. The van der Waals surface area contributed by atoms with E-state index in [4.69, 9.17) is 14.9 Å². The fraction of sp³-hybridized carbons (Fsp3) is 0.556. The summed E-state index contributed by atoms with van der Waals surface area (Å²) in [6.45, 7) is 2.29. The standard InChI is InChI=1S/C9H15NO6/c1-2-3-16-6-7(11)10(4-8(12)13)5-9(14)15/h2,7,11H,1,3-6H2,(H,12,13)(H,14,15). The third-order valence-electron chi connectivity index (χ3n) is 1.60. The number of hydrogen-bond acceptors (Lipinski definition) is 5. The molecule has 0 aliphatic carbocycles. The molecule has 16 heavy (non-hydrogen) atoms. The van der Waals surface area contributed by atoms with Crippen molar-refractivity contribution in [2.24, 2.45) is 0 Å². The van der Waals surface area contributed by atoms with E-state index in [1.807, 2.05) is 0 Å². The largest absolute Gasteiger partial charge is 0.480 e. The van der Waals surface area contributed by atoms with E-state index in [1.54, 1.807) is 0 Å². The fourth-order valence-corrected chi connectivity index (χ4v) is 0.976. The molecule has 0 aliphatic rings. The van der Waals surface area contributed by atoms with Crippen molar-refractivity contribution in [2.45, 2.75) is 6.23 Å². The van der Waals surface area contributed by atoms with Gasteiger partial charge >= 0.3 is 11.9 Å². The normalized spacial score (nSPS) is 12.4. The average molecular weight is 233 g/mol. The first-order valence-electron chi connectivity index (χ1n) is 4.51. The molecule has 0 saturated carbocycles. The average Bonchev–Trinajstić information content (AvgIpc) is 2.15. The molecule has 0 fully saturated rings. The summed E-state index contributed by atoms with van der Waals surface area (Å²) < 4.78 is 4.89. The predicted molar refractivity (Wildman–Crippen MR) is 53.9 cm³/mol. The molecule has 0 heterocycles. The maximum absolute atomic E-state index is 10.4. The first kappa shape index (κ1) is 14.6. The fourth-order valence-electron chi connectivity index (χ4n) is 0.976. The van der Waals surface area contributed by atoms with Crippen LogP contribution in [0.4, 0.5) is 0 Å². The van der Waals surface area contributed by atoms with Gasteiger partial charge in [0.1, 0.15) is 6.23 Å². The first-order valence-corrected chi connectivity index (χ1v) is 4.51.